The molecular weight excluding hydrogens is 368 g/mol. The van der Waals surface area contributed by atoms with Crippen LogP contribution in [0.15, 0.2) is 78.9 Å². The highest BCUT2D eigenvalue weighted by Gasteiger charge is 2.29. The van der Waals surface area contributed by atoms with E-state index in [1.54, 1.807) is 36.4 Å². The highest BCUT2D eigenvalue weighted by Crippen LogP contribution is 2.29. The number of amides is 2. The van der Waals surface area contributed by atoms with Crippen molar-refractivity contribution in [3.63, 3.8) is 0 Å². The zero-order valence-corrected chi connectivity index (χ0v) is 15.6. The maximum absolute atomic E-state index is 12.3. The van der Waals surface area contributed by atoms with E-state index in [4.69, 9.17) is 9.47 Å². The lowest BCUT2D eigenvalue weighted by Gasteiger charge is -2.25. The van der Waals surface area contributed by atoms with Crippen molar-refractivity contribution in [2.45, 2.75) is 19.1 Å². The van der Waals surface area contributed by atoms with Crippen molar-refractivity contribution in [2.24, 2.45) is 0 Å². The average Bonchev–Trinajstić information content (AvgIpc) is 2.74. The number of rotatable bonds is 6. The molecular formula is C23H20N2O4. The standard InChI is InChI=1S/C23H20N2O4/c26-22(14-21-23(27)25-19-8-4-5-9-20(19)29-21)24-17-10-12-18(13-11-17)28-15-16-6-2-1-3-7-16/h1-13,21H,14-15H2,(H,24,26)(H,25,27). The molecule has 0 bridgehead atoms. The number of hydrogen-bond acceptors (Lipinski definition) is 4. The van der Waals surface area contributed by atoms with Crippen molar-refractivity contribution < 1.29 is 19.1 Å². The summed E-state index contributed by atoms with van der Waals surface area (Å²) in [6, 6.07) is 24.1. The van der Waals surface area contributed by atoms with Gasteiger partial charge in [-0.2, -0.15) is 0 Å². The Morgan fingerprint density at radius 1 is 0.966 bits per heavy atom. The molecule has 0 aromatic heterocycles. The minimum atomic E-state index is -0.863. The highest BCUT2D eigenvalue weighted by atomic mass is 16.5. The molecule has 1 aliphatic rings. The Morgan fingerprint density at radius 2 is 1.69 bits per heavy atom. The first-order valence-electron chi connectivity index (χ1n) is 9.30. The molecule has 6 heteroatoms. The van der Waals surface area contributed by atoms with E-state index in [-0.39, 0.29) is 18.2 Å². The Kier molecular flexibility index (Phi) is 5.42. The second-order valence-corrected chi connectivity index (χ2v) is 6.64. The van der Waals surface area contributed by atoms with Gasteiger partial charge in [-0.05, 0) is 42.0 Å². The average molecular weight is 388 g/mol. The number of anilines is 2. The van der Waals surface area contributed by atoms with Gasteiger partial charge >= 0.3 is 0 Å². The third kappa shape index (κ3) is 4.73. The predicted molar refractivity (Wildman–Crippen MR) is 110 cm³/mol. The van der Waals surface area contributed by atoms with Gasteiger partial charge in [-0.1, -0.05) is 42.5 Å². The number of fused-ring (bicyclic) bond motifs is 1. The largest absolute Gasteiger partial charge is 0.489 e. The molecule has 1 heterocycles. The smallest absolute Gasteiger partial charge is 0.266 e. The summed E-state index contributed by atoms with van der Waals surface area (Å²) in [5.74, 6) is 0.634. The maximum Gasteiger partial charge on any atom is 0.266 e. The topological polar surface area (TPSA) is 76.7 Å². The molecule has 29 heavy (non-hydrogen) atoms. The molecule has 4 rings (SSSR count). The zero-order valence-electron chi connectivity index (χ0n) is 15.6. The van der Waals surface area contributed by atoms with Crippen molar-refractivity contribution in [1.82, 2.24) is 0 Å². The first-order chi connectivity index (χ1) is 14.2. The molecule has 0 aliphatic carbocycles. The van der Waals surface area contributed by atoms with Gasteiger partial charge < -0.3 is 20.1 Å². The maximum atomic E-state index is 12.3. The summed E-state index contributed by atoms with van der Waals surface area (Å²) in [5, 5.41) is 5.53. The van der Waals surface area contributed by atoms with Gasteiger partial charge in [0.1, 0.15) is 18.1 Å². The molecule has 3 aromatic rings. The van der Waals surface area contributed by atoms with Crippen molar-refractivity contribution >= 4 is 23.2 Å². The van der Waals surface area contributed by atoms with Crippen molar-refractivity contribution in [2.75, 3.05) is 10.6 Å². The number of carbonyl (C=O) groups is 2. The lowest BCUT2D eigenvalue weighted by atomic mass is 10.1. The Morgan fingerprint density at radius 3 is 2.48 bits per heavy atom. The van der Waals surface area contributed by atoms with Crippen molar-refractivity contribution in [3.8, 4) is 11.5 Å². The fourth-order valence-corrected chi connectivity index (χ4v) is 2.98. The third-order valence-electron chi connectivity index (χ3n) is 4.46. The molecule has 3 aromatic carbocycles. The van der Waals surface area contributed by atoms with Gasteiger partial charge in [0.2, 0.25) is 5.91 Å². The summed E-state index contributed by atoms with van der Waals surface area (Å²) >= 11 is 0. The van der Waals surface area contributed by atoms with E-state index < -0.39 is 6.10 Å². The number of hydrogen-bond donors (Lipinski definition) is 2. The van der Waals surface area contributed by atoms with Crippen LogP contribution < -0.4 is 20.1 Å². The summed E-state index contributed by atoms with van der Waals surface area (Å²) in [7, 11) is 0. The van der Waals surface area contributed by atoms with Crippen LogP contribution in [-0.2, 0) is 16.2 Å². The van der Waals surface area contributed by atoms with Gasteiger partial charge in [-0.3, -0.25) is 9.59 Å². The second-order valence-electron chi connectivity index (χ2n) is 6.64. The monoisotopic (exact) mass is 388 g/mol. The number of benzene rings is 3. The van der Waals surface area contributed by atoms with Gasteiger partial charge in [-0.15, -0.1) is 0 Å². The van der Waals surface area contributed by atoms with Crippen molar-refractivity contribution in [3.05, 3.63) is 84.4 Å². The van der Waals surface area contributed by atoms with Crippen LogP contribution in [0.3, 0.4) is 0 Å². The van der Waals surface area contributed by atoms with Crippen LogP contribution in [0.5, 0.6) is 11.5 Å². The van der Waals surface area contributed by atoms with E-state index in [0.717, 1.165) is 5.56 Å². The molecule has 2 amide bonds. The Labute approximate surface area is 168 Å². The van der Waals surface area contributed by atoms with Gasteiger partial charge in [0, 0.05) is 5.69 Å². The molecule has 0 radical (unpaired) electrons. The Balaban J connectivity index is 1.30. The van der Waals surface area contributed by atoms with E-state index >= 15 is 0 Å². The lowest BCUT2D eigenvalue weighted by Crippen LogP contribution is -2.39. The van der Waals surface area contributed by atoms with Crippen LogP contribution in [-0.4, -0.2) is 17.9 Å². The van der Waals surface area contributed by atoms with E-state index in [1.807, 2.05) is 42.5 Å². The molecule has 0 fully saturated rings. The number of carbonyl (C=O) groups excluding carboxylic acids is 2. The van der Waals surface area contributed by atoms with Gasteiger partial charge in [0.15, 0.2) is 6.10 Å². The Hall–Kier alpha value is -3.80. The van der Waals surface area contributed by atoms with Gasteiger partial charge in [0.05, 0.1) is 12.1 Å². The first kappa shape index (κ1) is 18.6. The minimum absolute atomic E-state index is 0.0770. The quantitative estimate of drug-likeness (QED) is 0.669. The normalized spacial score (nSPS) is 14.9. The highest BCUT2D eigenvalue weighted by molar-refractivity contribution is 6.01. The van der Waals surface area contributed by atoms with E-state index in [0.29, 0.717) is 29.5 Å². The summed E-state index contributed by atoms with van der Waals surface area (Å²) in [6.07, 6.45) is -0.940. The van der Waals surface area contributed by atoms with Crippen LogP contribution in [0, 0.1) is 0 Å². The van der Waals surface area contributed by atoms with Gasteiger partial charge in [0.25, 0.3) is 5.91 Å². The van der Waals surface area contributed by atoms with E-state index in [1.165, 1.54) is 0 Å². The molecule has 0 saturated carbocycles. The van der Waals surface area contributed by atoms with Crippen molar-refractivity contribution in [1.29, 1.82) is 0 Å². The number of nitrogens with one attached hydrogen (secondary N) is 2. The molecule has 2 N–H and O–H groups in total. The van der Waals surface area contributed by atoms with Crippen LogP contribution in [0.2, 0.25) is 0 Å². The molecule has 1 unspecified atom stereocenters. The predicted octanol–water partition coefficient (Wildman–Crippen LogP) is 3.99. The fourth-order valence-electron chi connectivity index (χ4n) is 2.98. The van der Waals surface area contributed by atoms with E-state index in [9.17, 15) is 9.59 Å². The lowest BCUT2D eigenvalue weighted by molar-refractivity contribution is -0.128. The fraction of sp³-hybridized carbons (Fsp3) is 0.130. The summed E-state index contributed by atoms with van der Waals surface area (Å²) in [5.41, 5.74) is 2.32. The number of para-hydroxylation sites is 2. The van der Waals surface area contributed by atoms with Crippen LogP contribution in [0.25, 0.3) is 0 Å². The third-order valence-corrected chi connectivity index (χ3v) is 4.46. The molecule has 0 saturated heterocycles. The van der Waals surface area contributed by atoms with Gasteiger partial charge in [-0.25, -0.2) is 0 Å². The molecule has 0 spiro atoms. The molecule has 146 valence electrons. The summed E-state index contributed by atoms with van der Waals surface area (Å²) in [6.45, 7) is 0.474. The first-order valence-corrected chi connectivity index (χ1v) is 9.30. The zero-order chi connectivity index (χ0) is 20.1. The number of ether oxygens (including phenoxy) is 2. The molecule has 1 aliphatic heterocycles. The summed E-state index contributed by atoms with van der Waals surface area (Å²) in [4.78, 5) is 24.5. The molecule has 6 nitrogen and oxygen atoms in total. The van der Waals surface area contributed by atoms with Crippen LogP contribution in [0.4, 0.5) is 11.4 Å². The minimum Gasteiger partial charge on any atom is -0.489 e. The Bertz CT molecular complexity index is 1000. The van der Waals surface area contributed by atoms with Crippen LogP contribution >= 0.6 is 0 Å². The molecule has 1 atom stereocenters. The summed E-state index contributed by atoms with van der Waals surface area (Å²) < 4.78 is 11.4. The second kappa shape index (κ2) is 8.48. The SMILES string of the molecule is O=C(CC1Oc2ccccc2NC1=O)Nc1ccc(OCc2ccccc2)cc1. The van der Waals surface area contributed by atoms with E-state index in [2.05, 4.69) is 10.6 Å². The van der Waals surface area contributed by atoms with Crippen LogP contribution in [0.1, 0.15) is 12.0 Å².